The Bertz CT molecular complexity index is 388. The van der Waals surface area contributed by atoms with E-state index in [-0.39, 0.29) is 5.92 Å². The molecule has 1 nitrogen and oxygen atoms in total. The molecular weight excluding hydrogens is 184 g/mol. The van der Waals surface area contributed by atoms with Crippen molar-refractivity contribution in [1.82, 2.24) is 0 Å². The number of aryl methyl sites for hydroxylation is 2. The molecule has 0 saturated heterocycles. The molecule has 1 unspecified atom stereocenters. The van der Waals surface area contributed by atoms with Crippen molar-refractivity contribution in [3.05, 3.63) is 34.9 Å². The van der Waals surface area contributed by atoms with E-state index in [1.54, 1.807) is 0 Å². The number of carbonyl (C=O) groups is 1. The first kappa shape index (κ1) is 10.4. The highest BCUT2D eigenvalue weighted by Crippen LogP contribution is 2.38. The van der Waals surface area contributed by atoms with E-state index in [9.17, 15) is 4.79 Å². The van der Waals surface area contributed by atoms with Crippen LogP contribution in [0.3, 0.4) is 0 Å². The molecular formula is C14H18O. The number of Topliss-reactive ketones (excluding diaryl/α,β-unsaturated/α-hetero) is 1. The molecule has 2 rings (SSSR count). The molecule has 1 aromatic carbocycles. The van der Waals surface area contributed by atoms with E-state index >= 15 is 0 Å². The molecule has 1 fully saturated rings. The zero-order chi connectivity index (χ0) is 11.0. The second-order valence-electron chi connectivity index (χ2n) is 4.81. The first-order chi connectivity index (χ1) is 7.09. The van der Waals surface area contributed by atoms with Crippen LogP contribution >= 0.6 is 0 Å². The van der Waals surface area contributed by atoms with Crippen LogP contribution in [0, 0.1) is 25.7 Å². The summed E-state index contributed by atoms with van der Waals surface area (Å²) in [6.45, 7) is 6.16. The van der Waals surface area contributed by atoms with Crippen molar-refractivity contribution in [1.29, 1.82) is 0 Å². The van der Waals surface area contributed by atoms with Gasteiger partial charge in [0.15, 0.2) is 5.78 Å². The molecule has 0 aromatic heterocycles. The number of hydrogen-bond donors (Lipinski definition) is 0. The molecule has 1 saturated carbocycles. The van der Waals surface area contributed by atoms with E-state index in [1.807, 2.05) is 19.1 Å². The van der Waals surface area contributed by atoms with Crippen molar-refractivity contribution in [3.8, 4) is 0 Å². The van der Waals surface area contributed by atoms with Crippen LogP contribution in [-0.2, 0) is 0 Å². The molecule has 0 N–H and O–H groups in total. The third kappa shape index (κ3) is 2.11. The number of carbonyl (C=O) groups excluding carboxylic acids is 1. The summed E-state index contributed by atoms with van der Waals surface area (Å²) in [6.07, 6.45) is 2.47. The van der Waals surface area contributed by atoms with Gasteiger partial charge in [0, 0.05) is 11.5 Å². The van der Waals surface area contributed by atoms with E-state index in [2.05, 4.69) is 19.9 Å². The van der Waals surface area contributed by atoms with Gasteiger partial charge in [-0.05, 0) is 38.2 Å². The van der Waals surface area contributed by atoms with Gasteiger partial charge in [-0.1, -0.05) is 30.7 Å². The van der Waals surface area contributed by atoms with E-state index in [4.69, 9.17) is 0 Å². The lowest BCUT2D eigenvalue weighted by molar-refractivity contribution is 0.0915. The maximum absolute atomic E-state index is 12.2. The smallest absolute Gasteiger partial charge is 0.166 e. The van der Waals surface area contributed by atoms with Crippen LogP contribution < -0.4 is 0 Å². The second kappa shape index (κ2) is 3.80. The standard InChI is InChI=1S/C14H18O/c1-9-4-7-13(10(2)8-9)14(15)11(3)12-5-6-12/h4,7-8,11-12H,5-6H2,1-3H3. The first-order valence-corrected chi connectivity index (χ1v) is 5.71. The molecule has 1 heteroatoms. The summed E-state index contributed by atoms with van der Waals surface area (Å²) >= 11 is 0. The summed E-state index contributed by atoms with van der Waals surface area (Å²) in [6, 6.07) is 6.10. The fraction of sp³-hybridized carbons (Fsp3) is 0.500. The molecule has 1 aliphatic rings. The Morgan fingerprint density at radius 3 is 2.53 bits per heavy atom. The highest BCUT2D eigenvalue weighted by Gasteiger charge is 2.33. The van der Waals surface area contributed by atoms with Crippen LogP contribution in [0.15, 0.2) is 18.2 Å². The third-order valence-corrected chi connectivity index (χ3v) is 3.39. The van der Waals surface area contributed by atoms with Crippen molar-refractivity contribution in [3.63, 3.8) is 0 Å². The molecule has 0 amide bonds. The molecule has 1 aromatic rings. The van der Waals surface area contributed by atoms with Gasteiger partial charge in [0.1, 0.15) is 0 Å². The van der Waals surface area contributed by atoms with Crippen LogP contribution in [0.1, 0.15) is 41.3 Å². The highest BCUT2D eigenvalue weighted by molar-refractivity contribution is 5.99. The Labute approximate surface area is 91.5 Å². The van der Waals surface area contributed by atoms with Gasteiger partial charge in [-0.15, -0.1) is 0 Å². The molecule has 1 aliphatic carbocycles. The summed E-state index contributed by atoms with van der Waals surface area (Å²) < 4.78 is 0. The molecule has 0 radical (unpaired) electrons. The molecule has 0 heterocycles. The number of rotatable bonds is 3. The van der Waals surface area contributed by atoms with Gasteiger partial charge in [0.2, 0.25) is 0 Å². The predicted molar refractivity (Wildman–Crippen MR) is 62.1 cm³/mol. The first-order valence-electron chi connectivity index (χ1n) is 5.71. The molecule has 1 atom stereocenters. The quantitative estimate of drug-likeness (QED) is 0.685. The Morgan fingerprint density at radius 2 is 2.00 bits per heavy atom. The zero-order valence-corrected chi connectivity index (χ0v) is 9.71. The van der Waals surface area contributed by atoms with Crippen molar-refractivity contribution in [2.45, 2.75) is 33.6 Å². The van der Waals surface area contributed by atoms with Crippen molar-refractivity contribution in [2.24, 2.45) is 11.8 Å². The normalized spacial score (nSPS) is 17.5. The minimum Gasteiger partial charge on any atom is -0.294 e. The lowest BCUT2D eigenvalue weighted by Crippen LogP contribution is -2.14. The van der Waals surface area contributed by atoms with Crippen LogP contribution in [-0.4, -0.2) is 5.78 Å². The van der Waals surface area contributed by atoms with E-state index < -0.39 is 0 Å². The fourth-order valence-electron chi connectivity index (χ4n) is 2.15. The number of ketones is 1. The SMILES string of the molecule is Cc1ccc(C(=O)C(C)C2CC2)c(C)c1. The molecule has 0 bridgehead atoms. The maximum atomic E-state index is 12.2. The maximum Gasteiger partial charge on any atom is 0.166 e. The molecule has 80 valence electrons. The Morgan fingerprint density at radius 1 is 1.33 bits per heavy atom. The summed E-state index contributed by atoms with van der Waals surface area (Å²) in [5.41, 5.74) is 3.26. The average molecular weight is 202 g/mol. The highest BCUT2D eigenvalue weighted by atomic mass is 16.1. The monoisotopic (exact) mass is 202 g/mol. The summed E-state index contributed by atoms with van der Waals surface area (Å²) in [4.78, 5) is 12.2. The molecule has 0 aliphatic heterocycles. The lowest BCUT2D eigenvalue weighted by Gasteiger charge is -2.11. The van der Waals surface area contributed by atoms with Gasteiger partial charge in [0.05, 0.1) is 0 Å². The van der Waals surface area contributed by atoms with Crippen LogP contribution in [0.4, 0.5) is 0 Å². The molecule has 15 heavy (non-hydrogen) atoms. The zero-order valence-electron chi connectivity index (χ0n) is 9.71. The number of benzene rings is 1. The van der Waals surface area contributed by atoms with Gasteiger partial charge in [0.25, 0.3) is 0 Å². The van der Waals surface area contributed by atoms with Crippen LogP contribution in [0.5, 0.6) is 0 Å². The largest absolute Gasteiger partial charge is 0.294 e. The predicted octanol–water partition coefficient (Wildman–Crippen LogP) is 3.53. The minimum atomic E-state index is 0.214. The topological polar surface area (TPSA) is 17.1 Å². The summed E-state index contributed by atoms with van der Waals surface area (Å²) in [5, 5.41) is 0. The van der Waals surface area contributed by atoms with Crippen LogP contribution in [0.2, 0.25) is 0 Å². The van der Waals surface area contributed by atoms with E-state index in [1.165, 1.54) is 18.4 Å². The van der Waals surface area contributed by atoms with Gasteiger partial charge in [-0.3, -0.25) is 4.79 Å². The Kier molecular flexibility index (Phi) is 2.64. The van der Waals surface area contributed by atoms with Crippen molar-refractivity contribution in [2.75, 3.05) is 0 Å². The van der Waals surface area contributed by atoms with Crippen molar-refractivity contribution >= 4 is 5.78 Å². The van der Waals surface area contributed by atoms with Crippen LogP contribution in [0.25, 0.3) is 0 Å². The van der Waals surface area contributed by atoms with Gasteiger partial charge < -0.3 is 0 Å². The van der Waals surface area contributed by atoms with Gasteiger partial charge in [-0.25, -0.2) is 0 Å². The van der Waals surface area contributed by atoms with Crippen molar-refractivity contribution < 1.29 is 4.79 Å². The van der Waals surface area contributed by atoms with Gasteiger partial charge >= 0.3 is 0 Å². The third-order valence-electron chi connectivity index (χ3n) is 3.39. The summed E-state index contributed by atoms with van der Waals surface area (Å²) in [7, 11) is 0. The molecule has 0 spiro atoms. The summed E-state index contributed by atoms with van der Waals surface area (Å²) in [5.74, 6) is 1.19. The van der Waals surface area contributed by atoms with Gasteiger partial charge in [-0.2, -0.15) is 0 Å². The van der Waals surface area contributed by atoms with E-state index in [0.717, 1.165) is 11.1 Å². The lowest BCUT2D eigenvalue weighted by atomic mass is 9.92. The minimum absolute atomic E-state index is 0.214. The second-order valence-corrected chi connectivity index (χ2v) is 4.81. The Hall–Kier alpha value is -1.11. The fourth-order valence-corrected chi connectivity index (χ4v) is 2.15. The average Bonchev–Trinajstić information content (AvgIpc) is 2.99. The Balaban J connectivity index is 2.24. The van der Waals surface area contributed by atoms with E-state index in [0.29, 0.717) is 11.7 Å². The number of hydrogen-bond acceptors (Lipinski definition) is 1.